The Balaban J connectivity index is 0.000000956. The van der Waals surface area contributed by atoms with Crippen LogP contribution in [-0.4, -0.2) is 59.4 Å². The van der Waals surface area contributed by atoms with E-state index in [-0.39, 0.29) is 30.6 Å². The van der Waals surface area contributed by atoms with Crippen LogP contribution in [-0.2, 0) is 24.0 Å². The van der Waals surface area contributed by atoms with Gasteiger partial charge in [-0.2, -0.15) is 13.2 Å². The molecule has 0 unspecified atom stereocenters. The van der Waals surface area contributed by atoms with Gasteiger partial charge in [0, 0.05) is 36.7 Å². The fourth-order valence-corrected chi connectivity index (χ4v) is 3.23. The van der Waals surface area contributed by atoms with Gasteiger partial charge in [0.25, 0.3) is 11.8 Å². The SMILES string of the molecule is CC(C)[C@H](N)C(=O)C[C@@H](CCCNC(N)=O)C(=O)Nc1ccc(N2C(=O)C=CC2=O)cc1.O=C(O)C(F)(F)F. The number of hydrogen-bond acceptors (Lipinski definition) is 7. The van der Waals surface area contributed by atoms with Crippen LogP contribution in [0.2, 0.25) is 0 Å². The summed E-state index contributed by atoms with van der Waals surface area (Å²) in [6.07, 6.45) is -1.93. The van der Waals surface area contributed by atoms with E-state index in [1.807, 2.05) is 13.8 Å². The first-order valence-corrected chi connectivity index (χ1v) is 11.6. The number of alkyl halides is 3. The highest BCUT2D eigenvalue weighted by atomic mass is 19.4. The first kappa shape index (κ1) is 32.8. The van der Waals surface area contributed by atoms with E-state index in [0.717, 1.165) is 4.90 Å². The van der Waals surface area contributed by atoms with Crippen molar-refractivity contribution in [3.05, 3.63) is 36.4 Å². The van der Waals surface area contributed by atoms with Crippen LogP contribution in [0.1, 0.15) is 33.1 Å². The standard InChI is InChI=1S/C22H29N5O5.C2HF3O2/c1-13(2)20(23)17(28)12-14(4-3-11-25-22(24)32)21(31)26-15-5-7-16(8-6-15)27-18(29)9-10-19(27)30;3-2(4,5)1(6)7/h5-10,13-14,20H,3-4,11-12,23H2,1-2H3,(H,26,31)(H3,24,25,32);(H,6,7)/t14-,20+;/m1./s1. The van der Waals surface area contributed by atoms with E-state index in [4.69, 9.17) is 21.4 Å². The molecule has 1 aliphatic rings. The number of nitrogens with two attached hydrogens (primary N) is 2. The van der Waals surface area contributed by atoms with Crippen molar-refractivity contribution in [2.45, 2.75) is 45.3 Å². The first-order chi connectivity index (χ1) is 18.0. The van der Waals surface area contributed by atoms with Gasteiger partial charge in [0.15, 0.2) is 5.78 Å². The Hall–Kier alpha value is -4.27. The Morgan fingerprint density at radius 1 is 1.03 bits per heavy atom. The molecule has 0 saturated carbocycles. The summed E-state index contributed by atoms with van der Waals surface area (Å²) in [4.78, 5) is 69.7. The van der Waals surface area contributed by atoms with Crippen LogP contribution in [0.5, 0.6) is 0 Å². The van der Waals surface area contributed by atoms with Gasteiger partial charge in [-0.15, -0.1) is 0 Å². The van der Waals surface area contributed by atoms with Crippen molar-refractivity contribution in [1.29, 1.82) is 0 Å². The van der Waals surface area contributed by atoms with Gasteiger partial charge in [0.1, 0.15) is 0 Å². The normalized spacial score (nSPS) is 14.4. The molecule has 1 aromatic carbocycles. The number of carboxylic acids is 1. The van der Waals surface area contributed by atoms with Crippen molar-refractivity contribution < 1.29 is 47.0 Å². The van der Waals surface area contributed by atoms with Gasteiger partial charge in [-0.05, 0) is 43.0 Å². The quantitative estimate of drug-likeness (QED) is 0.200. The van der Waals surface area contributed by atoms with Crippen molar-refractivity contribution in [3.63, 3.8) is 0 Å². The number of carboxylic acid groups (broad SMARTS) is 1. The molecule has 12 nitrogen and oxygen atoms in total. The number of hydrogen-bond donors (Lipinski definition) is 5. The van der Waals surface area contributed by atoms with Crippen LogP contribution < -0.4 is 27.0 Å². The predicted octanol–water partition coefficient (Wildman–Crippen LogP) is 1.70. The second-order valence-corrected chi connectivity index (χ2v) is 8.75. The van der Waals surface area contributed by atoms with E-state index in [9.17, 15) is 37.1 Å². The van der Waals surface area contributed by atoms with Crippen LogP contribution in [0, 0.1) is 11.8 Å². The lowest BCUT2D eigenvalue weighted by Gasteiger charge is -2.20. The molecule has 0 radical (unpaired) electrons. The number of urea groups is 1. The van der Waals surface area contributed by atoms with Gasteiger partial charge in [0.05, 0.1) is 11.7 Å². The Morgan fingerprint density at radius 3 is 1.97 bits per heavy atom. The first-order valence-electron chi connectivity index (χ1n) is 11.6. The zero-order valence-corrected chi connectivity index (χ0v) is 21.2. The van der Waals surface area contributed by atoms with Gasteiger partial charge in [-0.3, -0.25) is 19.2 Å². The number of primary amides is 1. The number of imide groups is 1. The summed E-state index contributed by atoms with van der Waals surface area (Å²) < 4.78 is 31.7. The number of carbonyl (C=O) groups is 6. The summed E-state index contributed by atoms with van der Waals surface area (Å²) in [6.45, 7) is 3.95. The summed E-state index contributed by atoms with van der Waals surface area (Å²) in [5.41, 5.74) is 11.8. The van der Waals surface area contributed by atoms with Crippen LogP contribution >= 0.6 is 0 Å². The van der Waals surface area contributed by atoms with Crippen LogP contribution in [0.25, 0.3) is 0 Å². The number of nitrogens with one attached hydrogen (secondary N) is 2. The van der Waals surface area contributed by atoms with Gasteiger partial charge in [0.2, 0.25) is 5.91 Å². The van der Waals surface area contributed by atoms with E-state index in [1.165, 1.54) is 12.2 Å². The number of ketones is 1. The number of carbonyl (C=O) groups excluding carboxylic acids is 5. The lowest BCUT2D eigenvalue weighted by Crippen LogP contribution is -2.38. The third-order valence-corrected chi connectivity index (χ3v) is 5.38. The third-order valence-electron chi connectivity index (χ3n) is 5.38. The van der Waals surface area contributed by atoms with Gasteiger partial charge >= 0.3 is 18.2 Å². The maximum absolute atomic E-state index is 12.9. The van der Waals surface area contributed by atoms with E-state index >= 15 is 0 Å². The van der Waals surface area contributed by atoms with E-state index < -0.39 is 42.0 Å². The van der Waals surface area contributed by atoms with E-state index in [2.05, 4.69) is 10.6 Å². The number of nitrogens with zero attached hydrogens (tertiary/aromatic N) is 1. The number of benzene rings is 1. The van der Waals surface area contributed by atoms with Crippen LogP contribution in [0.15, 0.2) is 36.4 Å². The minimum atomic E-state index is -5.08. The van der Waals surface area contributed by atoms with Crippen LogP contribution in [0.4, 0.5) is 29.3 Å². The van der Waals surface area contributed by atoms with E-state index in [0.29, 0.717) is 24.2 Å². The second-order valence-electron chi connectivity index (χ2n) is 8.75. The zero-order valence-electron chi connectivity index (χ0n) is 21.2. The highest BCUT2D eigenvalue weighted by molar-refractivity contribution is 6.28. The number of halogens is 3. The molecular formula is C24H30F3N5O7. The zero-order chi connectivity index (χ0) is 29.9. The Morgan fingerprint density at radius 2 is 1.54 bits per heavy atom. The maximum atomic E-state index is 12.9. The molecular weight excluding hydrogens is 527 g/mol. The molecule has 15 heteroatoms. The van der Waals surface area contributed by atoms with Crippen molar-refractivity contribution >= 4 is 46.9 Å². The molecule has 0 saturated heterocycles. The summed E-state index contributed by atoms with van der Waals surface area (Å²) in [7, 11) is 0. The minimum Gasteiger partial charge on any atom is -0.475 e. The molecule has 214 valence electrons. The van der Waals surface area contributed by atoms with Crippen molar-refractivity contribution in [2.75, 3.05) is 16.8 Å². The number of rotatable bonds is 11. The number of amides is 5. The van der Waals surface area contributed by atoms with Gasteiger partial charge in [-0.1, -0.05) is 13.8 Å². The fraction of sp³-hybridized carbons (Fsp3) is 0.417. The summed E-state index contributed by atoms with van der Waals surface area (Å²) in [5.74, 6) is -4.90. The summed E-state index contributed by atoms with van der Waals surface area (Å²) in [5, 5.41) is 12.3. The maximum Gasteiger partial charge on any atom is 0.490 e. The molecule has 0 bridgehead atoms. The Kier molecular flexibility index (Phi) is 12.3. The molecule has 5 amide bonds. The van der Waals surface area contributed by atoms with E-state index in [1.54, 1.807) is 24.3 Å². The Labute approximate surface area is 221 Å². The smallest absolute Gasteiger partial charge is 0.475 e. The lowest BCUT2D eigenvalue weighted by atomic mass is 9.90. The molecule has 2 atom stereocenters. The molecule has 1 aromatic rings. The molecule has 0 fully saturated rings. The van der Waals surface area contributed by atoms with Crippen molar-refractivity contribution in [2.24, 2.45) is 23.3 Å². The molecule has 39 heavy (non-hydrogen) atoms. The molecule has 7 N–H and O–H groups in total. The lowest BCUT2D eigenvalue weighted by molar-refractivity contribution is -0.192. The third kappa shape index (κ3) is 10.9. The average molecular weight is 558 g/mol. The van der Waals surface area contributed by atoms with Crippen molar-refractivity contribution in [3.8, 4) is 0 Å². The largest absolute Gasteiger partial charge is 0.490 e. The Bertz CT molecular complexity index is 1090. The number of Topliss-reactive ketones (excluding diaryl/α,β-unsaturated/α-hetero) is 1. The monoisotopic (exact) mass is 557 g/mol. The molecule has 0 aliphatic carbocycles. The number of aliphatic carboxylic acids is 1. The topological polar surface area (TPSA) is 202 Å². The second kappa shape index (κ2) is 14.6. The highest BCUT2D eigenvalue weighted by Gasteiger charge is 2.38. The van der Waals surface area contributed by atoms with Gasteiger partial charge < -0.3 is 27.2 Å². The number of anilines is 2. The highest BCUT2D eigenvalue weighted by Crippen LogP contribution is 2.23. The molecule has 1 aliphatic heterocycles. The predicted molar refractivity (Wildman–Crippen MR) is 133 cm³/mol. The molecule has 1 heterocycles. The van der Waals surface area contributed by atoms with Crippen LogP contribution in [0.3, 0.4) is 0 Å². The summed E-state index contributed by atoms with van der Waals surface area (Å²) in [6, 6.07) is 4.90. The van der Waals surface area contributed by atoms with Crippen molar-refractivity contribution in [1.82, 2.24) is 5.32 Å². The molecule has 0 aromatic heterocycles. The molecule has 0 spiro atoms. The van der Waals surface area contributed by atoms with Gasteiger partial charge in [-0.25, -0.2) is 14.5 Å². The fourth-order valence-electron chi connectivity index (χ4n) is 3.23. The molecule has 2 rings (SSSR count). The minimum absolute atomic E-state index is 0.0255. The average Bonchev–Trinajstić information content (AvgIpc) is 3.18. The summed E-state index contributed by atoms with van der Waals surface area (Å²) >= 11 is 0.